The van der Waals surface area contributed by atoms with Crippen LogP contribution in [-0.4, -0.2) is 10.9 Å². The van der Waals surface area contributed by atoms with Gasteiger partial charge in [0.1, 0.15) is 5.01 Å². The van der Waals surface area contributed by atoms with Gasteiger partial charge in [-0.25, -0.2) is 4.98 Å². The summed E-state index contributed by atoms with van der Waals surface area (Å²) in [6, 6.07) is 15.7. The van der Waals surface area contributed by atoms with Crippen LogP contribution in [-0.2, 0) is 11.2 Å². The average molecular weight is 371 g/mol. The van der Waals surface area contributed by atoms with Gasteiger partial charge in [-0.15, -0.1) is 11.3 Å². The van der Waals surface area contributed by atoms with Gasteiger partial charge in [-0.05, 0) is 31.5 Å². The topological polar surface area (TPSA) is 42.0 Å². The van der Waals surface area contributed by atoms with E-state index in [-0.39, 0.29) is 18.4 Å². The molecule has 0 saturated heterocycles. The Balaban J connectivity index is 1.62. The fourth-order valence-corrected chi connectivity index (χ4v) is 3.56. The molecule has 1 aromatic heterocycles. The molecule has 1 heterocycles. The van der Waals surface area contributed by atoms with Crippen molar-refractivity contribution in [1.82, 2.24) is 10.3 Å². The minimum Gasteiger partial charge on any atom is -0.349 e. The van der Waals surface area contributed by atoms with Crippen LogP contribution in [0.2, 0.25) is 5.02 Å². The number of rotatable bonds is 5. The van der Waals surface area contributed by atoms with Crippen molar-refractivity contribution in [2.45, 2.75) is 26.3 Å². The average Bonchev–Trinajstić information content (AvgIpc) is 3.03. The highest BCUT2D eigenvalue weighted by Gasteiger charge is 2.13. The second-order valence-corrected chi connectivity index (χ2v) is 7.33. The number of thiazole rings is 1. The fraction of sp³-hybridized carbons (Fsp3) is 0.200. The predicted molar refractivity (Wildman–Crippen MR) is 104 cm³/mol. The number of amides is 1. The number of carbonyl (C=O) groups excluding carboxylic acids is 1. The van der Waals surface area contributed by atoms with Crippen LogP contribution in [0, 0.1) is 6.92 Å². The molecule has 0 bridgehead atoms. The van der Waals surface area contributed by atoms with Gasteiger partial charge >= 0.3 is 0 Å². The normalized spacial score (nSPS) is 12.0. The monoisotopic (exact) mass is 370 g/mol. The summed E-state index contributed by atoms with van der Waals surface area (Å²) < 4.78 is 0. The second-order valence-electron chi connectivity index (χ2n) is 6.03. The molecule has 3 rings (SSSR count). The van der Waals surface area contributed by atoms with Crippen molar-refractivity contribution in [2.75, 3.05) is 0 Å². The number of hydrogen-bond donors (Lipinski definition) is 1. The van der Waals surface area contributed by atoms with Crippen LogP contribution < -0.4 is 5.32 Å². The van der Waals surface area contributed by atoms with Gasteiger partial charge in [-0.3, -0.25) is 4.79 Å². The maximum absolute atomic E-state index is 12.3. The summed E-state index contributed by atoms with van der Waals surface area (Å²) in [5.41, 5.74) is 4.07. The molecule has 1 atom stereocenters. The van der Waals surface area contributed by atoms with E-state index in [0.29, 0.717) is 5.02 Å². The van der Waals surface area contributed by atoms with E-state index in [1.54, 1.807) is 11.3 Å². The molecule has 1 amide bonds. The third kappa shape index (κ3) is 4.68. The van der Waals surface area contributed by atoms with Gasteiger partial charge in [0.05, 0.1) is 18.2 Å². The Labute approximate surface area is 156 Å². The lowest BCUT2D eigenvalue weighted by Gasteiger charge is -2.14. The van der Waals surface area contributed by atoms with Crippen LogP contribution >= 0.6 is 22.9 Å². The Kier molecular flexibility index (Phi) is 5.51. The standard InChI is InChI=1S/C20H19ClN2OS/c1-13-6-8-15(9-7-13)20-23-18(12-25-20)11-19(24)22-14(2)16-4-3-5-17(21)10-16/h3-10,12,14H,11H2,1-2H3,(H,22,24). The number of carbonyl (C=O) groups is 1. The van der Waals surface area contributed by atoms with Crippen molar-refractivity contribution in [2.24, 2.45) is 0 Å². The molecule has 3 nitrogen and oxygen atoms in total. The van der Waals surface area contributed by atoms with Gasteiger partial charge in [0, 0.05) is 16.0 Å². The van der Waals surface area contributed by atoms with E-state index >= 15 is 0 Å². The summed E-state index contributed by atoms with van der Waals surface area (Å²) in [5, 5.41) is 6.54. The van der Waals surface area contributed by atoms with E-state index in [1.807, 2.05) is 36.6 Å². The fourth-order valence-electron chi connectivity index (χ4n) is 2.53. The molecule has 0 radical (unpaired) electrons. The zero-order valence-electron chi connectivity index (χ0n) is 14.1. The number of halogens is 1. The maximum Gasteiger partial charge on any atom is 0.226 e. The van der Waals surface area contributed by atoms with Gasteiger partial charge in [0.15, 0.2) is 0 Å². The quantitative estimate of drug-likeness (QED) is 0.671. The highest BCUT2D eigenvalue weighted by molar-refractivity contribution is 7.13. The maximum atomic E-state index is 12.3. The first kappa shape index (κ1) is 17.6. The molecule has 5 heteroatoms. The summed E-state index contributed by atoms with van der Waals surface area (Å²) in [7, 11) is 0. The van der Waals surface area contributed by atoms with Crippen LogP contribution in [0.5, 0.6) is 0 Å². The molecule has 0 aliphatic rings. The molecule has 128 valence electrons. The highest BCUT2D eigenvalue weighted by Crippen LogP contribution is 2.24. The lowest BCUT2D eigenvalue weighted by molar-refractivity contribution is -0.121. The van der Waals surface area contributed by atoms with Crippen molar-refractivity contribution in [3.05, 3.63) is 75.8 Å². The molecule has 0 aliphatic heterocycles. The molecular formula is C20H19ClN2OS. The van der Waals surface area contributed by atoms with E-state index in [9.17, 15) is 4.79 Å². The van der Waals surface area contributed by atoms with Crippen LogP contribution in [0.3, 0.4) is 0 Å². The van der Waals surface area contributed by atoms with Crippen LogP contribution in [0.4, 0.5) is 0 Å². The third-order valence-corrected chi connectivity index (χ3v) is 5.09. The molecule has 2 aromatic carbocycles. The van der Waals surface area contributed by atoms with Crippen molar-refractivity contribution in [3.63, 3.8) is 0 Å². The van der Waals surface area contributed by atoms with Crippen LogP contribution in [0.15, 0.2) is 53.9 Å². The van der Waals surface area contributed by atoms with Crippen molar-refractivity contribution < 1.29 is 4.79 Å². The van der Waals surface area contributed by atoms with Crippen LogP contribution in [0.1, 0.15) is 29.8 Å². The lowest BCUT2D eigenvalue weighted by Crippen LogP contribution is -2.28. The molecule has 0 aliphatic carbocycles. The first-order valence-electron chi connectivity index (χ1n) is 8.07. The van der Waals surface area contributed by atoms with Gasteiger partial charge in [0.25, 0.3) is 0 Å². The first-order valence-corrected chi connectivity index (χ1v) is 9.33. The summed E-state index contributed by atoms with van der Waals surface area (Å²) in [6.07, 6.45) is 0.271. The minimum absolute atomic E-state index is 0.0479. The van der Waals surface area contributed by atoms with Crippen LogP contribution in [0.25, 0.3) is 10.6 Å². The van der Waals surface area contributed by atoms with Gasteiger partial charge in [-0.1, -0.05) is 53.6 Å². The van der Waals surface area contributed by atoms with Crippen molar-refractivity contribution in [1.29, 1.82) is 0 Å². The Morgan fingerprint density at radius 1 is 1.24 bits per heavy atom. The Morgan fingerprint density at radius 3 is 2.72 bits per heavy atom. The predicted octanol–water partition coefficient (Wildman–Crippen LogP) is 5.19. The molecular weight excluding hydrogens is 352 g/mol. The number of hydrogen-bond acceptors (Lipinski definition) is 3. The first-order chi connectivity index (χ1) is 12.0. The highest BCUT2D eigenvalue weighted by atomic mass is 35.5. The Hall–Kier alpha value is -2.17. The number of aromatic nitrogens is 1. The summed E-state index contributed by atoms with van der Waals surface area (Å²) >= 11 is 7.56. The van der Waals surface area contributed by atoms with Crippen molar-refractivity contribution >= 4 is 28.8 Å². The Morgan fingerprint density at radius 2 is 2.00 bits per heavy atom. The summed E-state index contributed by atoms with van der Waals surface area (Å²) in [4.78, 5) is 16.9. The van der Waals surface area contributed by atoms with E-state index in [0.717, 1.165) is 21.8 Å². The molecule has 25 heavy (non-hydrogen) atoms. The summed E-state index contributed by atoms with van der Waals surface area (Å²) in [6.45, 7) is 4.00. The summed E-state index contributed by atoms with van der Waals surface area (Å²) in [5.74, 6) is -0.0479. The number of nitrogens with one attached hydrogen (secondary N) is 1. The number of benzene rings is 2. The van der Waals surface area contributed by atoms with E-state index in [4.69, 9.17) is 11.6 Å². The second kappa shape index (κ2) is 7.81. The van der Waals surface area contributed by atoms with Gasteiger partial charge < -0.3 is 5.32 Å². The van der Waals surface area contributed by atoms with E-state index in [2.05, 4.69) is 41.5 Å². The lowest BCUT2D eigenvalue weighted by atomic mass is 10.1. The molecule has 0 fully saturated rings. The molecule has 0 spiro atoms. The molecule has 0 saturated carbocycles. The van der Waals surface area contributed by atoms with Gasteiger partial charge in [-0.2, -0.15) is 0 Å². The number of nitrogens with zero attached hydrogens (tertiary/aromatic N) is 1. The van der Waals surface area contributed by atoms with Crippen molar-refractivity contribution in [3.8, 4) is 10.6 Å². The molecule has 1 unspecified atom stereocenters. The Bertz CT molecular complexity index is 873. The zero-order valence-corrected chi connectivity index (χ0v) is 15.7. The molecule has 3 aromatic rings. The SMILES string of the molecule is Cc1ccc(-c2nc(CC(=O)NC(C)c3cccc(Cl)c3)cs2)cc1. The van der Waals surface area contributed by atoms with Gasteiger partial charge in [0.2, 0.25) is 5.91 Å². The largest absolute Gasteiger partial charge is 0.349 e. The molecule has 1 N–H and O–H groups in total. The number of aryl methyl sites for hydroxylation is 1. The van der Waals surface area contributed by atoms with E-state index < -0.39 is 0 Å². The smallest absolute Gasteiger partial charge is 0.226 e. The van der Waals surface area contributed by atoms with E-state index in [1.165, 1.54) is 5.56 Å². The zero-order chi connectivity index (χ0) is 17.8. The third-order valence-electron chi connectivity index (χ3n) is 3.92. The minimum atomic E-state index is -0.0959.